The highest BCUT2D eigenvalue weighted by molar-refractivity contribution is 7.07. The molecule has 25 heavy (non-hydrogen) atoms. The molecule has 3 aromatic heterocycles. The van der Waals surface area contributed by atoms with Crippen LogP contribution in [0.4, 0.5) is 0 Å². The van der Waals surface area contributed by atoms with Crippen molar-refractivity contribution in [2.75, 3.05) is 13.2 Å². The van der Waals surface area contributed by atoms with Crippen LogP contribution in [0.2, 0.25) is 0 Å². The molecule has 0 saturated carbocycles. The molecule has 0 saturated heterocycles. The molecule has 4 rings (SSSR count). The third kappa shape index (κ3) is 3.78. The lowest BCUT2D eigenvalue weighted by atomic mass is 9.98. The summed E-state index contributed by atoms with van der Waals surface area (Å²) < 4.78 is 7.86. The first kappa shape index (κ1) is 16.4. The van der Waals surface area contributed by atoms with Gasteiger partial charge in [-0.1, -0.05) is 11.3 Å². The number of hydrogen-bond donors (Lipinski definition) is 0. The SMILES string of the molecule is Cn1nnc2c1[C@@H](COCc1ccccn1)CN(Cc1ccsc1)C2. The predicted molar refractivity (Wildman–Crippen MR) is 96.1 cm³/mol. The van der Waals surface area contributed by atoms with Crippen LogP contribution >= 0.6 is 11.3 Å². The fourth-order valence-electron chi connectivity index (χ4n) is 3.38. The molecule has 7 heteroatoms. The highest BCUT2D eigenvalue weighted by Gasteiger charge is 2.30. The van der Waals surface area contributed by atoms with Gasteiger partial charge in [-0.05, 0) is 34.5 Å². The van der Waals surface area contributed by atoms with Crippen LogP contribution in [0.5, 0.6) is 0 Å². The first-order valence-electron chi connectivity index (χ1n) is 8.39. The molecular formula is C18H21N5OS. The van der Waals surface area contributed by atoms with E-state index in [-0.39, 0.29) is 5.92 Å². The Kier molecular flexibility index (Phi) is 4.87. The van der Waals surface area contributed by atoms with Gasteiger partial charge in [-0.15, -0.1) is 5.10 Å². The van der Waals surface area contributed by atoms with Crippen LogP contribution in [-0.2, 0) is 31.5 Å². The first-order chi connectivity index (χ1) is 12.3. The number of nitrogens with zero attached hydrogens (tertiary/aromatic N) is 5. The number of rotatable bonds is 6. The van der Waals surface area contributed by atoms with Gasteiger partial charge in [-0.2, -0.15) is 11.3 Å². The van der Waals surface area contributed by atoms with Crippen LogP contribution in [0.15, 0.2) is 41.2 Å². The van der Waals surface area contributed by atoms with E-state index in [0.717, 1.165) is 31.0 Å². The zero-order valence-electron chi connectivity index (χ0n) is 14.2. The Hall–Kier alpha value is -2.09. The maximum Gasteiger partial charge on any atom is 0.100 e. The lowest BCUT2D eigenvalue weighted by Gasteiger charge is -2.31. The van der Waals surface area contributed by atoms with Gasteiger partial charge in [0.05, 0.1) is 24.6 Å². The maximum atomic E-state index is 5.97. The molecule has 0 N–H and O–H groups in total. The van der Waals surface area contributed by atoms with E-state index in [0.29, 0.717) is 13.2 Å². The molecular weight excluding hydrogens is 334 g/mol. The van der Waals surface area contributed by atoms with E-state index in [1.165, 1.54) is 11.3 Å². The normalized spacial score (nSPS) is 17.6. The number of pyridine rings is 1. The summed E-state index contributed by atoms with van der Waals surface area (Å²) in [5.74, 6) is 0.270. The van der Waals surface area contributed by atoms with Crippen LogP contribution in [-0.4, -0.2) is 38.0 Å². The van der Waals surface area contributed by atoms with Gasteiger partial charge in [0.15, 0.2) is 0 Å². The highest BCUT2D eigenvalue weighted by atomic mass is 32.1. The van der Waals surface area contributed by atoms with Crippen molar-refractivity contribution in [2.24, 2.45) is 7.05 Å². The van der Waals surface area contributed by atoms with Crippen molar-refractivity contribution >= 4 is 11.3 Å². The zero-order valence-corrected chi connectivity index (χ0v) is 15.0. The second kappa shape index (κ2) is 7.43. The standard InChI is InChI=1S/C18H21N5OS/c1-22-18-15(11-24-12-16-4-2-3-6-19-16)9-23(10-17(18)20-21-22)8-14-5-7-25-13-14/h2-7,13,15H,8-12H2,1H3/t15-/m1/s1. The second-order valence-electron chi connectivity index (χ2n) is 6.38. The first-order valence-corrected chi connectivity index (χ1v) is 9.33. The zero-order chi connectivity index (χ0) is 17.1. The third-order valence-electron chi connectivity index (χ3n) is 4.46. The van der Waals surface area contributed by atoms with E-state index in [4.69, 9.17) is 4.74 Å². The summed E-state index contributed by atoms with van der Waals surface area (Å²) >= 11 is 1.74. The van der Waals surface area contributed by atoms with Crippen LogP contribution in [0.3, 0.4) is 0 Å². The van der Waals surface area contributed by atoms with Crippen LogP contribution in [0.25, 0.3) is 0 Å². The van der Waals surface area contributed by atoms with Gasteiger partial charge in [-0.25, -0.2) is 0 Å². The van der Waals surface area contributed by atoms with Gasteiger partial charge in [0.1, 0.15) is 5.69 Å². The number of thiophene rings is 1. The monoisotopic (exact) mass is 355 g/mol. The molecule has 4 heterocycles. The maximum absolute atomic E-state index is 5.97. The highest BCUT2D eigenvalue weighted by Crippen LogP contribution is 2.28. The molecule has 1 atom stereocenters. The van der Waals surface area contributed by atoms with E-state index in [1.54, 1.807) is 17.5 Å². The van der Waals surface area contributed by atoms with E-state index < -0.39 is 0 Å². The van der Waals surface area contributed by atoms with Crippen molar-refractivity contribution in [1.29, 1.82) is 0 Å². The summed E-state index contributed by atoms with van der Waals surface area (Å²) in [7, 11) is 1.96. The molecule has 1 aliphatic rings. The summed E-state index contributed by atoms with van der Waals surface area (Å²) in [6.45, 7) is 3.91. The van der Waals surface area contributed by atoms with Crippen LogP contribution < -0.4 is 0 Å². The van der Waals surface area contributed by atoms with Gasteiger partial charge in [0.2, 0.25) is 0 Å². The number of ether oxygens (including phenoxy) is 1. The lowest BCUT2D eigenvalue weighted by Crippen LogP contribution is -2.35. The minimum Gasteiger partial charge on any atom is -0.374 e. The average molecular weight is 355 g/mol. The Morgan fingerprint density at radius 3 is 3.08 bits per heavy atom. The summed E-state index contributed by atoms with van der Waals surface area (Å²) in [6.07, 6.45) is 1.80. The number of aromatic nitrogens is 4. The van der Waals surface area contributed by atoms with Crippen molar-refractivity contribution in [3.63, 3.8) is 0 Å². The number of fused-ring (bicyclic) bond motifs is 1. The Morgan fingerprint density at radius 1 is 1.32 bits per heavy atom. The third-order valence-corrected chi connectivity index (χ3v) is 5.20. The topological polar surface area (TPSA) is 56.1 Å². The van der Waals surface area contributed by atoms with Gasteiger partial charge in [0, 0.05) is 38.8 Å². The van der Waals surface area contributed by atoms with E-state index in [1.807, 2.05) is 29.9 Å². The van der Waals surface area contributed by atoms with E-state index in [2.05, 4.69) is 37.0 Å². The molecule has 0 bridgehead atoms. The molecule has 6 nitrogen and oxygen atoms in total. The van der Waals surface area contributed by atoms with Crippen molar-refractivity contribution in [2.45, 2.75) is 25.6 Å². The summed E-state index contributed by atoms with van der Waals surface area (Å²) in [6, 6.07) is 8.07. The largest absolute Gasteiger partial charge is 0.374 e. The Balaban J connectivity index is 1.44. The minimum absolute atomic E-state index is 0.270. The molecule has 0 amide bonds. The van der Waals surface area contributed by atoms with E-state index in [9.17, 15) is 0 Å². The molecule has 3 aromatic rings. The number of hydrogen-bond acceptors (Lipinski definition) is 6. The Bertz CT molecular complexity index is 802. The molecule has 0 fully saturated rings. The van der Waals surface area contributed by atoms with Crippen LogP contribution in [0, 0.1) is 0 Å². The fourth-order valence-corrected chi connectivity index (χ4v) is 4.04. The molecule has 130 valence electrons. The predicted octanol–water partition coefficient (Wildman–Crippen LogP) is 2.59. The molecule has 0 spiro atoms. The van der Waals surface area contributed by atoms with Crippen molar-refractivity contribution < 1.29 is 4.74 Å². The summed E-state index contributed by atoms with van der Waals surface area (Å²) in [5.41, 5.74) is 4.57. The van der Waals surface area contributed by atoms with Crippen LogP contribution in [0.1, 0.15) is 28.6 Å². The average Bonchev–Trinajstić information content (AvgIpc) is 3.26. The fraction of sp³-hybridized carbons (Fsp3) is 0.389. The Labute approximate surface area is 151 Å². The van der Waals surface area contributed by atoms with Crippen molar-refractivity contribution in [3.8, 4) is 0 Å². The molecule has 0 unspecified atom stereocenters. The quantitative estimate of drug-likeness (QED) is 0.680. The minimum atomic E-state index is 0.270. The molecule has 0 aromatic carbocycles. The van der Waals surface area contributed by atoms with Gasteiger partial charge >= 0.3 is 0 Å². The smallest absolute Gasteiger partial charge is 0.100 e. The van der Waals surface area contributed by atoms with Gasteiger partial charge in [0.25, 0.3) is 0 Å². The van der Waals surface area contributed by atoms with E-state index >= 15 is 0 Å². The lowest BCUT2D eigenvalue weighted by molar-refractivity contribution is 0.0812. The Morgan fingerprint density at radius 2 is 2.28 bits per heavy atom. The van der Waals surface area contributed by atoms with Gasteiger partial charge in [-0.3, -0.25) is 14.6 Å². The second-order valence-corrected chi connectivity index (χ2v) is 7.16. The molecule has 1 aliphatic heterocycles. The summed E-state index contributed by atoms with van der Waals surface area (Å²) in [5, 5.41) is 12.9. The van der Waals surface area contributed by atoms with Gasteiger partial charge < -0.3 is 4.74 Å². The van der Waals surface area contributed by atoms with Crippen molar-refractivity contribution in [3.05, 3.63) is 63.9 Å². The molecule has 0 aliphatic carbocycles. The number of aryl methyl sites for hydroxylation is 1. The summed E-state index contributed by atoms with van der Waals surface area (Å²) in [4.78, 5) is 6.74. The molecule has 0 radical (unpaired) electrons. The van der Waals surface area contributed by atoms with Crippen molar-refractivity contribution in [1.82, 2.24) is 24.9 Å².